The predicted octanol–water partition coefficient (Wildman–Crippen LogP) is 2.89. The van der Waals surface area contributed by atoms with Crippen LogP contribution in [0.4, 0.5) is 23.2 Å². The molecule has 0 aromatic heterocycles. The summed E-state index contributed by atoms with van der Waals surface area (Å²) < 4.78 is 47.6. The molecule has 1 N–H and O–H groups in total. The van der Waals surface area contributed by atoms with Crippen LogP contribution in [-0.4, -0.2) is 12.5 Å². The maximum absolute atomic E-state index is 12.2. The first-order chi connectivity index (χ1) is 6.52. The Labute approximate surface area is 77.4 Å². The third-order valence-electron chi connectivity index (χ3n) is 1.33. The van der Waals surface area contributed by atoms with E-state index in [0.29, 0.717) is 0 Å². The van der Waals surface area contributed by atoms with Crippen molar-refractivity contribution >= 4 is 5.69 Å². The van der Waals surface area contributed by atoms with Crippen molar-refractivity contribution in [2.24, 2.45) is 0 Å². The smallest absolute Gasteiger partial charge is 0.261 e. The van der Waals surface area contributed by atoms with Crippen LogP contribution in [-0.2, 0) is 4.84 Å². The van der Waals surface area contributed by atoms with Crippen LogP contribution in [0.3, 0.4) is 0 Å². The number of anilines is 1. The monoisotopic (exact) mass is 209 g/mol. The number of hydrogen-bond acceptors (Lipinski definition) is 2. The topological polar surface area (TPSA) is 21.3 Å². The van der Waals surface area contributed by atoms with Crippen LogP contribution < -0.4 is 5.48 Å². The van der Waals surface area contributed by atoms with Crippen molar-refractivity contribution in [3.8, 4) is 0 Å². The summed E-state index contributed by atoms with van der Waals surface area (Å²) in [5.74, 6) is 0. The van der Waals surface area contributed by atoms with Crippen LogP contribution in [0.1, 0.15) is 0 Å². The Kier molecular flexibility index (Phi) is 3.29. The fourth-order valence-electron chi connectivity index (χ4n) is 0.678. The van der Waals surface area contributed by atoms with Crippen LogP contribution in [0.15, 0.2) is 30.3 Å². The Bertz CT molecular complexity index is 278. The quantitative estimate of drug-likeness (QED) is 0.608. The van der Waals surface area contributed by atoms with Crippen LogP contribution in [0.2, 0.25) is 0 Å². The van der Waals surface area contributed by atoms with Gasteiger partial charge in [0.15, 0.2) is 0 Å². The minimum atomic E-state index is -4.49. The Morgan fingerprint density at radius 1 is 1.14 bits per heavy atom. The molecule has 1 aromatic carbocycles. The van der Waals surface area contributed by atoms with Crippen LogP contribution in [0.5, 0.6) is 0 Å². The molecule has 0 aliphatic rings. The number of benzene rings is 1. The molecule has 0 fully saturated rings. The van der Waals surface area contributed by atoms with Gasteiger partial charge in [-0.2, -0.15) is 13.6 Å². The maximum Gasteiger partial charge on any atom is 0.436 e. The molecular weight excluding hydrogens is 202 g/mol. The van der Waals surface area contributed by atoms with Gasteiger partial charge in [0.25, 0.3) is 0 Å². The molecule has 0 unspecified atom stereocenters. The molecule has 0 atom stereocenters. The number of hydrogen-bond donors (Lipinski definition) is 1. The van der Waals surface area contributed by atoms with Gasteiger partial charge in [-0.3, -0.25) is 5.48 Å². The van der Waals surface area contributed by atoms with E-state index < -0.39 is 12.5 Å². The maximum atomic E-state index is 12.2. The van der Waals surface area contributed by atoms with Crippen molar-refractivity contribution in [1.29, 1.82) is 0 Å². The lowest BCUT2D eigenvalue weighted by molar-refractivity contribution is -0.287. The highest BCUT2D eigenvalue weighted by molar-refractivity contribution is 5.40. The fourth-order valence-corrected chi connectivity index (χ4v) is 0.678. The summed E-state index contributed by atoms with van der Waals surface area (Å²) >= 11 is 0. The van der Waals surface area contributed by atoms with Gasteiger partial charge in [0.1, 0.15) is 0 Å². The van der Waals surface area contributed by atoms with E-state index in [9.17, 15) is 17.6 Å². The van der Waals surface area contributed by atoms with Crippen LogP contribution in [0, 0.1) is 0 Å². The highest BCUT2D eigenvalue weighted by Crippen LogP contribution is 2.24. The summed E-state index contributed by atoms with van der Waals surface area (Å²) in [7, 11) is 0. The molecule has 78 valence electrons. The second-order valence-corrected chi connectivity index (χ2v) is 2.43. The van der Waals surface area contributed by atoms with Gasteiger partial charge in [-0.25, -0.2) is 8.78 Å². The summed E-state index contributed by atoms with van der Waals surface area (Å²) in [4.78, 5) is 3.54. The lowest BCUT2D eigenvalue weighted by Gasteiger charge is -2.15. The second-order valence-electron chi connectivity index (χ2n) is 2.43. The molecular formula is C8H7F4NO. The van der Waals surface area contributed by atoms with Crippen molar-refractivity contribution in [3.05, 3.63) is 30.3 Å². The zero-order chi connectivity index (χ0) is 10.6. The molecule has 0 radical (unpaired) electrons. The van der Waals surface area contributed by atoms with E-state index in [0.717, 1.165) is 0 Å². The van der Waals surface area contributed by atoms with Gasteiger partial charge in [-0.15, -0.1) is 0 Å². The summed E-state index contributed by atoms with van der Waals surface area (Å²) in [5, 5.41) is 0. The lowest BCUT2D eigenvalue weighted by Crippen LogP contribution is -2.32. The molecule has 0 heterocycles. The zero-order valence-corrected chi connectivity index (χ0v) is 6.88. The number of halogens is 4. The fraction of sp³-hybridized carbons (Fsp3) is 0.250. The van der Waals surface area contributed by atoms with Crippen molar-refractivity contribution in [3.63, 3.8) is 0 Å². The molecule has 14 heavy (non-hydrogen) atoms. The number of alkyl halides is 4. The van der Waals surface area contributed by atoms with Crippen molar-refractivity contribution in [2.45, 2.75) is 12.5 Å². The van der Waals surface area contributed by atoms with Crippen LogP contribution >= 0.6 is 0 Å². The standard InChI is InChI=1S/C8H7F4NO/c9-7(10)8(11,12)14-13-6-4-2-1-3-5-6/h1-5,7,13H. The molecule has 0 aliphatic carbocycles. The van der Waals surface area contributed by atoms with E-state index in [1.165, 1.54) is 12.1 Å². The van der Waals surface area contributed by atoms with Gasteiger partial charge in [-0.05, 0) is 12.1 Å². The SMILES string of the molecule is FC(F)C(F)(F)ONc1ccccc1. The Morgan fingerprint density at radius 3 is 2.21 bits per heavy atom. The first-order valence-electron chi connectivity index (χ1n) is 3.67. The first-order valence-corrected chi connectivity index (χ1v) is 3.67. The molecule has 1 aromatic rings. The normalized spacial score (nSPS) is 11.8. The summed E-state index contributed by atoms with van der Waals surface area (Å²) in [6, 6.07) is 7.55. The largest absolute Gasteiger partial charge is 0.436 e. The molecule has 0 amide bonds. The molecule has 0 spiro atoms. The Hall–Kier alpha value is -1.30. The van der Waals surface area contributed by atoms with Crippen LogP contribution in [0.25, 0.3) is 0 Å². The van der Waals surface area contributed by atoms with E-state index in [2.05, 4.69) is 4.84 Å². The van der Waals surface area contributed by atoms with Crippen molar-refractivity contribution in [2.75, 3.05) is 5.48 Å². The van der Waals surface area contributed by atoms with Gasteiger partial charge in [-0.1, -0.05) is 18.2 Å². The third-order valence-corrected chi connectivity index (χ3v) is 1.33. The highest BCUT2D eigenvalue weighted by atomic mass is 19.3. The van der Waals surface area contributed by atoms with E-state index in [1.54, 1.807) is 23.7 Å². The van der Waals surface area contributed by atoms with Gasteiger partial charge in [0.2, 0.25) is 0 Å². The van der Waals surface area contributed by atoms with Gasteiger partial charge >= 0.3 is 12.5 Å². The zero-order valence-electron chi connectivity index (χ0n) is 6.88. The molecule has 0 aliphatic heterocycles. The number of nitrogens with one attached hydrogen (secondary N) is 1. The molecule has 6 heteroatoms. The Morgan fingerprint density at radius 2 is 1.71 bits per heavy atom. The molecule has 1 rings (SSSR count). The minimum absolute atomic E-state index is 0.174. The van der Waals surface area contributed by atoms with Crippen molar-refractivity contribution in [1.82, 2.24) is 0 Å². The van der Waals surface area contributed by atoms with E-state index >= 15 is 0 Å². The molecule has 0 saturated heterocycles. The van der Waals surface area contributed by atoms with Gasteiger partial charge < -0.3 is 0 Å². The van der Waals surface area contributed by atoms with E-state index in [4.69, 9.17) is 0 Å². The molecule has 2 nitrogen and oxygen atoms in total. The van der Waals surface area contributed by atoms with E-state index in [1.807, 2.05) is 0 Å². The summed E-state index contributed by atoms with van der Waals surface area (Å²) in [6.07, 6.45) is -8.35. The van der Waals surface area contributed by atoms with Gasteiger partial charge in [0, 0.05) is 0 Å². The van der Waals surface area contributed by atoms with Gasteiger partial charge in [0.05, 0.1) is 5.69 Å². The predicted molar refractivity (Wildman–Crippen MR) is 42.1 cm³/mol. The minimum Gasteiger partial charge on any atom is -0.261 e. The Balaban J connectivity index is 2.49. The molecule has 0 saturated carbocycles. The summed E-state index contributed by atoms with van der Waals surface area (Å²) in [5.41, 5.74) is 1.91. The third kappa shape index (κ3) is 2.88. The number of para-hydroxylation sites is 1. The molecule has 0 bridgehead atoms. The summed E-state index contributed by atoms with van der Waals surface area (Å²) in [6.45, 7) is 0. The number of rotatable bonds is 4. The van der Waals surface area contributed by atoms with Crippen molar-refractivity contribution < 1.29 is 22.4 Å². The first kappa shape index (κ1) is 10.8. The second kappa shape index (κ2) is 4.28. The van der Waals surface area contributed by atoms with E-state index in [-0.39, 0.29) is 5.69 Å². The average Bonchev–Trinajstić information content (AvgIpc) is 2.16. The average molecular weight is 209 g/mol. The highest BCUT2D eigenvalue weighted by Gasteiger charge is 2.43. The lowest BCUT2D eigenvalue weighted by atomic mass is 10.3.